The summed E-state index contributed by atoms with van der Waals surface area (Å²) in [7, 11) is 2.87. The highest BCUT2D eigenvalue weighted by atomic mass is 79.9. The molecule has 2 aliphatic heterocycles. The van der Waals surface area contributed by atoms with Crippen molar-refractivity contribution in [1.29, 1.82) is 0 Å². The van der Waals surface area contributed by atoms with Crippen LogP contribution in [0.1, 0.15) is 45.9 Å². The predicted octanol–water partition coefficient (Wildman–Crippen LogP) is 5.00. The van der Waals surface area contributed by atoms with Crippen molar-refractivity contribution in [3.05, 3.63) is 75.7 Å². The first-order valence-corrected chi connectivity index (χ1v) is 10.6. The van der Waals surface area contributed by atoms with Crippen molar-refractivity contribution >= 4 is 27.6 Å². The number of ether oxygens (including phenoxy) is 3. The summed E-state index contributed by atoms with van der Waals surface area (Å²) in [5.41, 5.74) is 2.10. The smallest absolute Gasteiger partial charge is 0.340 e. The average molecular weight is 499 g/mol. The van der Waals surface area contributed by atoms with Gasteiger partial charge in [0.05, 0.1) is 26.5 Å². The lowest BCUT2D eigenvalue weighted by Gasteiger charge is -2.38. The number of benzene rings is 2. The molecule has 164 valence electrons. The number of carboxylic acids is 1. The topological polar surface area (TPSA) is 93.7 Å². The molecule has 0 saturated heterocycles. The van der Waals surface area contributed by atoms with E-state index in [1.807, 2.05) is 30.3 Å². The minimum absolute atomic E-state index is 0.0298. The maximum Gasteiger partial charge on any atom is 0.340 e. The Labute approximate surface area is 192 Å². The molecule has 0 spiro atoms. The standard InChI is InChI=1S/C23H19BrN2O6/c1-29-19-8-6-13(20(23(27)28)21(19)30-2)22-26-16(11-15(25-26)18-4-3-9-31-18)14-10-12(24)5-7-17(14)32-22/h3-10,16,22H,11H2,1-2H3,(H,27,28)/t16-,22+/m0/s1. The molecule has 8 nitrogen and oxygen atoms in total. The zero-order valence-electron chi connectivity index (χ0n) is 17.2. The number of carbonyl (C=O) groups is 1. The molecule has 3 aromatic rings. The molecule has 3 heterocycles. The van der Waals surface area contributed by atoms with Crippen LogP contribution in [0.25, 0.3) is 0 Å². The summed E-state index contributed by atoms with van der Waals surface area (Å²) >= 11 is 3.53. The van der Waals surface area contributed by atoms with Gasteiger partial charge in [-0.05, 0) is 42.5 Å². The maximum atomic E-state index is 12.3. The predicted molar refractivity (Wildman–Crippen MR) is 118 cm³/mol. The van der Waals surface area contributed by atoms with E-state index in [9.17, 15) is 9.90 Å². The van der Waals surface area contributed by atoms with Crippen molar-refractivity contribution < 1.29 is 28.5 Å². The van der Waals surface area contributed by atoms with Gasteiger partial charge in [0.1, 0.15) is 22.8 Å². The summed E-state index contributed by atoms with van der Waals surface area (Å²) in [5, 5.41) is 16.6. The Hall–Kier alpha value is -3.46. The summed E-state index contributed by atoms with van der Waals surface area (Å²) in [6, 6.07) is 12.6. The normalized spacial score (nSPS) is 19.0. The number of hydrogen-bond acceptors (Lipinski definition) is 7. The van der Waals surface area contributed by atoms with E-state index in [0.29, 0.717) is 29.2 Å². The van der Waals surface area contributed by atoms with Gasteiger partial charge in [0.25, 0.3) is 0 Å². The van der Waals surface area contributed by atoms with Crippen molar-refractivity contribution in [3.8, 4) is 17.2 Å². The van der Waals surface area contributed by atoms with E-state index in [4.69, 9.17) is 23.7 Å². The first-order valence-electron chi connectivity index (χ1n) is 9.85. The second-order valence-corrected chi connectivity index (χ2v) is 8.26. The number of nitrogens with zero attached hydrogens (tertiary/aromatic N) is 2. The van der Waals surface area contributed by atoms with Crippen LogP contribution < -0.4 is 14.2 Å². The number of aromatic carboxylic acids is 1. The van der Waals surface area contributed by atoms with Crippen LogP contribution in [0.3, 0.4) is 0 Å². The number of methoxy groups -OCH3 is 2. The van der Waals surface area contributed by atoms with Crippen molar-refractivity contribution in [2.75, 3.05) is 14.2 Å². The lowest BCUT2D eigenvalue weighted by molar-refractivity contribution is -0.0199. The van der Waals surface area contributed by atoms with E-state index in [-0.39, 0.29) is 17.4 Å². The van der Waals surface area contributed by atoms with E-state index in [1.165, 1.54) is 14.2 Å². The van der Waals surface area contributed by atoms with Crippen LogP contribution in [0.5, 0.6) is 17.2 Å². The molecule has 0 amide bonds. The number of hydrazone groups is 1. The molecule has 5 rings (SSSR count). The molecule has 32 heavy (non-hydrogen) atoms. The van der Waals surface area contributed by atoms with Gasteiger partial charge in [-0.1, -0.05) is 15.9 Å². The number of carboxylic acid groups (broad SMARTS) is 1. The molecule has 0 unspecified atom stereocenters. The summed E-state index contributed by atoms with van der Waals surface area (Å²) in [5.74, 6) is 0.647. The number of furan rings is 1. The van der Waals surface area contributed by atoms with Crippen LogP contribution in [0.4, 0.5) is 0 Å². The molecule has 1 N–H and O–H groups in total. The fourth-order valence-electron chi connectivity index (χ4n) is 4.22. The molecule has 2 aromatic carbocycles. The Kier molecular flexibility index (Phi) is 5.05. The molecule has 1 aromatic heterocycles. The second kappa shape index (κ2) is 7.90. The summed E-state index contributed by atoms with van der Waals surface area (Å²) in [4.78, 5) is 12.3. The fraction of sp³-hybridized carbons (Fsp3) is 0.217. The molecular weight excluding hydrogens is 480 g/mol. The third kappa shape index (κ3) is 3.20. The highest BCUT2D eigenvalue weighted by Crippen LogP contribution is 2.50. The quantitative estimate of drug-likeness (QED) is 0.528. The average Bonchev–Trinajstić information content (AvgIpc) is 3.47. The molecular formula is C23H19BrN2O6. The lowest BCUT2D eigenvalue weighted by Crippen LogP contribution is -2.34. The molecule has 0 radical (unpaired) electrons. The van der Waals surface area contributed by atoms with Crippen molar-refractivity contribution in [2.45, 2.75) is 18.7 Å². The molecule has 0 bridgehead atoms. The van der Waals surface area contributed by atoms with Crippen molar-refractivity contribution in [2.24, 2.45) is 5.10 Å². The van der Waals surface area contributed by atoms with Gasteiger partial charge in [0.2, 0.25) is 6.23 Å². The highest BCUT2D eigenvalue weighted by Gasteiger charge is 2.43. The van der Waals surface area contributed by atoms with Gasteiger partial charge in [-0.3, -0.25) is 0 Å². The largest absolute Gasteiger partial charge is 0.493 e. The zero-order valence-corrected chi connectivity index (χ0v) is 18.8. The van der Waals surface area contributed by atoms with Crippen LogP contribution in [0.15, 0.2) is 62.7 Å². The third-order valence-electron chi connectivity index (χ3n) is 5.62. The van der Waals surface area contributed by atoms with Gasteiger partial charge in [-0.2, -0.15) is 5.10 Å². The van der Waals surface area contributed by atoms with Crippen LogP contribution in [-0.4, -0.2) is 36.0 Å². The first kappa shape index (κ1) is 20.4. The summed E-state index contributed by atoms with van der Waals surface area (Å²) < 4.78 is 23.5. The SMILES string of the molecule is COc1ccc([C@H]2Oc3ccc(Br)cc3[C@@H]3CC(c4ccco4)=NN23)c(C(=O)O)c1OC. The van der Waals surface area contributed by atoms with Crippen molar-refractivity contribution in [3.63, 3.8) is 0 Å². The number of fused-ring (bicyclic) bond motifs is 3. The number of rotatable bonds is 5. The lowest BCUT2D eigenvalue weighted by atomic mass is 9.96. The first-order chi connectivity index (χ1) is 15.5. The van der Waals surface area contributed by atoms with Gasteiger partial charge in [-0.25, -0.2) is 9.80 Å². The Morgan fingerprint density at radius 1 is 1.19 bits per heavy atom. The summed E-state index contributed by atoms with van der Waals surface area (Å²) in [6.07, 6.45) is 1.41. The van der Waals surface area contributed by atoms with E-state index >= 15 is 0 Å². The molecule has 0 saturated carbocycles. The molecule has 2 atom stereocenters. The Morgan fingerprint density at radius 2 is 2.03 bits per heavy atom. The molecule has 0 fully saturated rings. The third-order valence-corrected chi connectivity index (χ3v) is 6.11. The van der Waals surface area contributed by atoms with Gasteiger partial charge < -0.3 is 23.7 Å². The van der Waals surface area contributed by atoms with Crippen LogP contribution in [0, 0.1) is 0 Å². The Bertz CT molecular complexity index is 1220. The Morgan fingerprint density at radius 3 is 2.72 bits per heavy atom. The van der Waals surface area contributed by atoms with E-state index in [1.54, 1.807) is 23.4 Å². The molecule has 9 heteroatoms. The number of halogens is 1. The minimum Gasteiger partial charge on any atom is -0.493 e. The van der Waals surface area contributed by atoms with Crippen LogP contribution in [-0.2, 0) is 0 Å². The van der Waals surface area contributed by atoms with Gasteiger partial charge in [-0.15, -0.1) is 0 Å². The minimum atomic E-state index is -1.15. The van der Waals surface area contributed by atoms with E-state index in [2.05, 4.69) is 15.9 Å². The van der Waals surface area contributed by atoms with Gasteiger partial charge in [0.15, 0.2) is 11.5 Å². The van der Waals surface area contributed by atoms with Crippen LogP contribution >= 0.6 is 15.9 Å². The van der Waals surface area contributed by atoms with Gasteiger partial charge in [0, 0.05) is 22.0 Å². The van der Waals surface area contributed by atoms with Crippen LogP contribution in [0.2, 0.25) is 0 Å². The molecule has 0 aliphatic carbocycles. The van der Waals surface area contributed by atoms with Gasteiger partial charge >= 0.3 is 5.97 Å². The van der Waals surface area contributed by atoms with E-state index < -0.39 is 12.2 Å². The Balaban J connectivity index is 1.69. The van der Waals surface area contributed by atoms with E-state index in [0.717, 1.165) is 15.7 Å². The monoisotopic (exact) mass is 498 g/mol. The maximum absolute atomic E-state index is 12.3. The van der Waals surface area contributed by atoms with Crippen molar-refractivity contribution in [1.82, 2.24) is 5.01 Å². The zero-order chi connectivity index (χ0) is 22.4. The number of hydrogen-bond donors (Lipinski definition) is 1. The second-order valence-electron chi connectivity index (χ2n) is 7.35. The highest BCUT2D eigenvalue weighted by molar-refractivity contribution is 9.10. The summed E-state index contributed by atoms with van der Waals surface area (Å²) in [6.45, 7) is 0. The molecule has 2 aliphatic rings. The fourth-order valence-corrected chi connectivity index (χ4v) is 4.60.